The second kappa shape index (κ2) is 6.94. The minimum absolute atomic E-state index is 0.0167. The van der Waals surface area contributed by atoms with Crippen molar-refractivity contribution in [3.63, 3.8) is 0 Å². The summed E-state index contributed by atoms with van der Waals surface area (Å²) in [6.45, 7) is 0.684. The molecule has 0 N–H and O–H groups in total. The monoisotopic (exact) mass is 430 g/mol. The molecule has 0 unspecified atom stereocenters. The maximum atomic E-state index is 12.8. The van der Waals surface area contributed by atoms with Gasteiger partial charge < -0.3 is 9.47 Å². The molecule has 1 aromatic carbocycles. The highest BCUT2D eigenvalue weighted by atomic mass is 32.2. The fourth-order valence-electron chi connectivity index (χ4n) is 3.78. The molecule has 2 aromatic heterocycles. The molecule has 0 bridgehead atoms. The van der Waals surface area contributed by atoms with Crippen LogP contribution in [0.3, 0.4) is 0 Å². The van der Waals surface area contributed by atoms with Crippen LogP contribution in [0.15, 0.2) is 35.5 Å². The number of hydrogen-bond acceptors (Lipinski definition) is 8. The van der Waals surface area contributed by atoms with Crippen LogP contribution in [0, 0.1) is 0 Å². The number of ether oxygens (including phenoxy) is 2. The van der Waals surface area contributed by atoms with Crippen molar-refractivity contribution in [2.45, 2.75) is 19.0 Å². The first-order chi connectivity index (χ1) is 14.4. The Balaban J connectivity index is 1.42. The van der Waals surface area contributed by atoms with E-state index < -0.39 is 15.4 Å². The maximum Gasteiger partial charge on any atom is 0.264 e. The third-order valence-corrected chi connectivity index (χ3v) is 7.06. The molecule has 11 heteroatoms. The Hall–Kier alpha value is -3.21. The van der Waals surface area contributed by atoms with Crippen molar-refractivity contribution < 1.29 is 22.7 Å². The van der Waals surface area contributed by atoms with Crippen molar-refractivity contribution in [1.82, 2.24) is 19.3 Å². The normalized spacial score (nSPS) is 19.8. The summed E-state index contributed by atoms with van der Waals surface area (Å²) < 4.78 is 37.2. The molecule has 156 valence electrons. The highest BCUT2D eigenvalue weighted by molar-refractivity contribution is 7.91. The minimum atomic E-state index is -3.10. The highest BCUT2D eigenvalue weighted by Crippen LogP contribution is 2.31. The number of benzene rings is 1. The van der Waals surface area contributed by atoms with Gasteiger partial charge in [-0.05, 0) is 24.6 Å². The molecule has 2 aliphatic heterocycles. The Morgan fingerprint density at radius 2 is 2.00 bits per heavy atom. The maximum absolute atomic E-state index is 12.8. The second-order valence-corrected chi connectivity index (χ2v) is 9.57. The molecule has 1 saturated heterocycles. The van der Waals surface area contributed by atoms with E-state index in [0.29, 0.717) is 42.3 Å². The Bertz CT molecular complexity index is 1330. The van der Waals surface area contributed by atoms with Gasteiger partial charge in [-0.2, -0.15) is 5.10 Å². The summed E-state index contributed by atoms with van der Waals surface area (Å²) in [5, 5.41) is 4.44. The predicted molar refractivity (Wildman–Crippen MR) is 106 cm³/mol. The van der Waals surface area contributed by atoms with Crippen LogP contribution in [0.25, 0.3) is 11.0 Å². The van der Waals surface area contributed by atoms with Crippen molar-refractivity contribution in [3.05, 3.63) is 46.6 Å². The lowest BCUT2D eigenvalue weighted by Gasteiger charge is -2.18. The number of Topliss-reactive ketones (excluding diaryl/α,β-unsaturated/α-hetero) is 1. The van der Waals surface area contributed by atoms with Gasteiger partial charge in [-0.15, -0.1) is 0 Å². The molecular formula is C19H18N4O6S. The molecule has 0 spiro atoms. The van der Waals surface area contributed by atoms with Crippen molar-refractivity contribution >= 4 is 26.7 Å². The third-order valence-electron chi connectivity index (χ3n) is 5.31. The van der Waals surface area contributed by atoms with Crippen LogP contribution in [0.5, 0.6) is 11.5 Å². The molecule has 2 aliphatic rings. The molecule has 0 radical (unpaired) electrons. The third kappa shape index (κ3) is 3.24. The lowest BCUT2D eigenvalue weighted by molar-refractivity contribution is 0.0969. The van der Waals surface area contributed by atoms with Crippen LogP contribution in [-0.4, -0.2) is 58.3 Å². The standard InChI is InChI=1S/C19H18N4O6S/c24-15(12-1-2-16-17(7-12)29-5-4-28-16)9-22-11-20-18-14(19(22)25)8-21-23(18)13-3-6-30(26,27)10-13/h1-2,7-8,11,13H,3-6,9-10H2/t13-/m0/s1. The van der Waals surface area contributed by atoms with E-state index in [0.717, 1.165) is 0 Å². The summed E-state index contributed by atoms with van der Waals surface area (Å²) >= 11 is 0. The smallest absolute Gasteiger partial charge is 0.264 e. The van der Waals surface area contributed by atoms with Crippen molar-refractivity contribution in [2.24, 2.45) is 0 Å². The van der Waals surface area contributed by atoms with E-state index in [1.54, 1.807) is 18.2 Å². The number of carbonyl (C=O) groups is 1. The van der Waals surface area contributed by atoms with Gasteiger partial charge in [0.2, 0.25) is 0 Å². The van der Waals surface area contributed by atoms with E-state index >= 15 is 0 Å². The van der Waals surface area contributed by atoms with E-state index in [-0.39, 0.29) is 35.3 Å². The molecule has 0 saturated carbocycles. The zero-order chi connectivity index (χ0) is 20.9. The van der Waals surface area contributed by atoms with Gasteiger partial charge >= 0.3 is 0 Å². The molecule has 5 rings (SSSR count). The SMILES string of the molecule is O=C(Cn1cnc2c(cnn2[C@H]2CCS(=O)(=O)C2)c1=O)c1ccc2c(c1)OCCO2. The molecule has 4 heterocycles. The molecular weight excluding hydrogens is 412 g/mol. The van der Waals surface area contributed by atoms with E-state index in [9.17, 15) is 18.0 Å². The zero-order valence-corrected chi connectivity index (χ0v) is 16.7. The van der Waals surface area contributed by atoms with Crippen LogP contribution < -0.4 is 15.0 Å². The summed E-state index contributed by atoms with van der Waals surface area (Å²) in [4.78, 5) is 29.8. The van der Waals surface area contributed by atoms with Crippen LogP contribution in [-0.2, 0) is 16.4 Å². The highest BCUT2D eigenvalue weighted by Gasteiger charge is 2.31. The number of carbonyl (C=O) groups excluding carboxylic acids is 1. The fraction of sp³-hybridized carbons (Fsp3) is 0.368. The Kier molecular flexibility index (Phi) is 4.35. The lowest BCUT2D eigenvalue weighted by Crippen LogP contribution is -2.25. The van der Waals surface area contributed by atoms with E-state index in [1.807, 2.05) is 0 Å². The topological polar surface area (TPSA) is 122 Å². The number of ketones is 1. The van der Waals surface area contributed by atoms with Gasteiger partial charge in [0.1, 0.15) is 24.9 Å². The fourth-order valence-corrected chi connectivity index (χ4v) is 5.47. The summed E-state index contributed by atoms with van der Waals surface area (Å²) in [6, 6.07) is 4.57. The molecule has 1 atom stereocenters. The number of nitrogens with zero attached hydrogens (tertiary/aromatic N) is 4. The Morgan fingerprint density at radius 1 is 1.20 bits per heavy atom. The molecule has 30 heavy (non-hydrogen) atoms. The average Bonchev–Trinajstić information content (AvgIpc) is 3.32. The van der Waals surface area contributed by atoms with Gasteiger partial charge in [-0.25, -0.2) is 18.1 Å². The van der Waals surface area contributed by atoms with Gasteiger partial charge in [0, 0.05) is 5.56 Å². The molecule has 3 aromatic rings. The first kappa shape index (κ1) is 18.8. The van der Waals surface area contributed by atoms with E-state index in [2.05, 4.69) is 10.1 Å². The van der Waals surface area contributed by atoms with Gasteiger partial charge in [-0.1, -0.05) is 0 Å². The minimum Gasteiger partial charge on any atom is -0.486 e. The first-order valence-electron chi connectivity index (χ1n) is 9.47. The lowest BCUT2D eigenvalue weighted by atomic mass is 10.1. The number of rotatable bonds is 4. The first-order valence-corrected chi connectivity index (χ1v) is 11.3. The van der Waals surface area contributed by atoms with Crippen LogP contribution in [0.1, 0.15) is 22.8 Å². The molecule has 0 aliphatic carbocycles. The average molecular weight is 430 g/mol. The van der Waals surface area contributed by atoms with Gasteiger partial charge in [0.15, 0.2) is 32.8 Å². The predicted octanol–water partition coefficient (Wildman–Crippen LogP) is 0.607. The zero-order valence-electron chi connectivity index (χ0n) is 15.9. The number of aromatic nitrogens is 4. The van der Waals surface area contributed by atoms with Gasteiger partial charge in [0.25, 0.3) is 5.56 Å². The second-order valence-electron chi connectivity index (χ2n) is 7.34. The van der Waals surface area contributed by atoms with Gasteiger partial charge in [-0.3, -0.25) is 14.2 Å². The summed E-state index contributed by atoms with van der Waals surface area (Å²) in [5.74, 6) is 0.891. The van der Waals surface area contributed by atoms with Crippen LogP contribution in [0.4, 0.5) is 0 Å². The summed E-state index contributed by atoms with van der Waals surface area (Å²) in [5.41, 5.74) is 0.321. The van der Waals surface area contributed by atoms with Crippen molar-refractivity contribution in [3.8, 4) is 11.5 Å². The number of sulfone groups is 1. The summed E-state index contributed by atoms with van der Waals surface area (Å²) in [6.07, 6.45) is 3.11. The van der Waals surface area contributed by atoms with Crippen molar-refractivity contribution in [1.29, 1.82) is 0 Å². The largest absolute Gasteiger partial charge is 0.486 e. The van der Waals surface area contributed by atoms with Crippen LogP contribution >= 0.6 is 0 Å². The Morgan fingerprint density at radius 3 is 2.77 bits per heavy atom. The quantitative estimate of drug-likeness (QED) is 0.552. The number of hydrogen-bond donors (Lipinski definition) is 0. The molecule has 1 fully saturated rings. The Labute approximate surface area is 171 Å². The number of fused-ring (bicyclic) bond motifs is 2. The molecule has 10 nitrogen and oxygen atoms in total. The molecule has 0 amide bonds. The summed E-state index contributed by atoms with van der Waals surface area (Å²) in [7, 11) is -3.10. The van der Waals surface area contributed by atoms with Crippen molar-refractivity contribution in [2.75, 3.05) is 24.7 Å². The van der Waals surface area contributed by atoms with E-state index in [1.165, 1.54) is 21.8 Å². The van der Waals surface area contributed by atoms with E-state index in [4.69, 9.17) is 9.47 Å². The van der Waals surface area contributed by atoms with Crippen LogP contribution in [0.2, 0.25) is 0 Å². The van der Waals surface area contributed by atoms with Gasteiger partial charge in [0.05, 0.1) is 30.3 Å².